The highest BCUT2D eigenvalue weighted by molar-refractivity contribution is 5.73. The van der Waals surface area contributed by atoms with Crippen molar-refractivity contribution in [2.45, 2.75) is 71.0 Å². The average Bonchev–Trinajstić information content (AvgIpc) is 2.67. The fourth-order valence-electron chi connectivity index (χ4n) is 2.42. The molecule has 0 aliphatic heterocycles. The maximum absolute atomic E-state index is 10.6. The molecule has 0 aromatic heterocycles. The standard InChI is InChI=1S/C19H31NO3.C2HF3O2/c1-2-3-4-5-6-7-8-14-23-18-11-9-10-17(15-18)16-20-13-12-19(21)22;3-2(4,5)1(6)7/h9-11,15,20H,2-8,12-14,16H2,1H3,(H,21,22);(H,6,7). The van der Waals surface area contributed by atoms with Crippen LogP contribution in [0.3, 0.4) is 0 Å². The Bertz CT molecular complexity index is 609. The molecule has 172 valence electrons. The summed E-state index contributed by atoms with van der Waals surface area (Å²) < 4.78 is 37.5. The summed E-state index contributed by atoms with van der Waals surface area (Å²) in [6.07, 6.45) is 4.05. The monoisotopic (exact) mass is 435 g/mol. The fourth-order valence-corrected chi connectivity index (χ4v) is 2.42. The van der Waals surface area contributed by atoms with E-state index in [0.29, 0.717) is 13.1 Å². The first-order chi connectivity index (χ1) is 14.2. The highest BCUT2D eigenvalue weighted by Crippen LogP contribution is 2.15. The summed E-state index contributed by atoms with van der Waals surface area (Å²) >= 11 is 0. The number of benzene rings is 1. The first-order valence-corrected chi connectivity index (χ1v) is 10.1. The van der Waals surface area contributed by atoms with Crippen molar-refractivity contribution in [3.05, 3.63) is 29.8 Å². The number of nitrogens with one attached hydrogen (secondary N) is 1. The second-order valence-corrected chi connectivity index (χ2v) is 6.74. The SMILES string of the molecule is CCCCCCCCCOc1cccc(CNCCC(=O)O)c1.O=C(O)C(F)(F)F. The molecule has 0 saturated heterocycles. The number of alkyl halides is 3. The number of halogens is 3. The summed E-state index contributed by atoms with van der Waals surface area (Å²) in [5.74, 6) is -2.63. The van der Waals surface area contributed by atoms with E-state index in [0.717, 1.165) is 24.3 Å². The third-order valence-electron chi connectivity index (χ3n) is 4.00. The number of hydrogen-bond acceptors (Lipinski definition) is 4. The molecule has 0 spiro atoms. The van der Waals surface area contributed by atoms with Crippen LogP contribution in [0.4, 0.5) is 13.2 Å². The van der Waals surface area contributed by atoms with Crippen LogP contribution in [0.15, 0.2) is 24.3 Å². The summed E-state index contributed by atoms with van der Waals surface area (Å²) in [6, 6.07) is 8.00. The van der Waals surface area contributed by atoms with Gasteiger partial charge in [0.05, 0.1) is 13.0 Å². The first-order valence-electron chi connectivity index (χ1n) is 10.1. The lowest BCUT2D eigenvalue weighted by Crippen LogP contribution is -2.21. The van der Waals surface area contributed by atoms with Gasteiger partial charge in [-0.3, -0.25) is 4.79 Å². The Labute approximate surface area is 175 Å². The van der Waals surface area contributed by atoms with Crippen LogP contribution in [0.5, 0.6) is 5.75 Å². The van der Waals surface area contributed by atoms with Crippen molar-refractivity contribution >= 4 is 11.9 Å². The van der Waals surface area contributed by atoms with E-state index < -0.39 is 18.1 Å². The number of aliphatic carboxylic acids is 2. The summed E-state index contributed by atoms with van der Waals surface area (Å²) in [5, 5.41) is 18.8. The summed E-state index contributed by atoms with van der Waals surface area (Å²) in [4.78, 5) is 19.3. The van der Waals surface area contributed by atoms with Crippen LogP contribution in [0, 0.1) is 0 Å². The van der Waals surface area contributed by atoms with Crippen molar-refractivity contribution in [3.8, 4) is 5.75 Å². The molecule has 0 radical (unpaired) electrons. The van der Waals surface area contributed by atoms with Crippen LogP contribution >= 0.6 is 0 Å². The zero-order valence-corrected chi connectivity index (χ0v) is 17.3. The lowest BCUT2D eigenvalue weighted by molar-refractivity contribution is -0.192. The number of carboxylic acids is 2. The van der Waals surface area contributed by atoms with Gasteiger partial charge in [-0.1, -0.05) is 57.6 Å². The molecule has 6 nitrogen and oxygen atoms in total. The second kappa shape index (κ2) is 16.5. The molecule has 0 heterocycles. The van der Waals surface area contributed by atoms with Crippen molar-refractivity contribution in [3.63, 3.8) is 0 Å². The Hall–Kier alpha value is -2.29. The second-order valence-electron chi connectivity index (χ2n) is 6.74. The van der Waals surface area contributed by atoms with Gasteiger partial charge < -0.3 is 20.3 Å². The van der Waals surface area contributed by atoms with Gasteiger partial charge in [-0.15, -0.1) is 0 Å². The molecule has 9 heteroatoms. The van der Waals surface area contributed by atoms with E-state index in [4.69, 9.17) is 19.7 Å². The molecule has 0 aliphatic carbocycles. The van der Waals surface area contributed by atoms with Crippen molar-refractivity contribution < 1.29 is 37.7 Å². The molecule has 0 aliphatic rings. The minimum atomic E-state index is -5.08. The molecule has 0 atom stereocenters. The number of hydrogen-bond donors (Lipinski definition) is 3. The molecule has 0 fully saturated rings. The molecule has 1 rings (SSSR count). The zero-order chi connectivity index (χ0) is 22.8. The molecule has 0 saturated carbocycles. The van der Waals surface area contributed by atoms with E-state index in [9.17, 15) is 18.0 Å². The van der Waals surface area contributed by atoms with Gasteiger partial charge in [0, 0.05) is 13.1 Å². The van der Waals surface area contributed by atoms with Gasteiger partial charge in [0.15, 0.2) is 0 Å². The largest absolute Gasteiger partial charge is 0.494 e. The van der Waals surface area contributed by atoms with Gasteiger partial charge in [-0.2, -0.15) is 13.2 Å². The van der Waals surface area contributed by atoms with Crippen LogP contribution in [0.2, 0.25) is 0 Å². The Kier molecular flexibility index (Phi) is 15.2. The third kappa shape index (κ3) is 16.6. The molecular formula is C21H32F3NO5. The molecule has 30 heavy (non-hydrogen) atoms. The predicted octanol–water partition coefficient (Wildman–Crippen LogP) is 5.01. The summed E-state index contributed by atoms with van der Waals surface area (Å²) in [5.41, 5.74) is 1.12. The number of carbonyl (C=O) groups is 2. The van der Waals surface area contributed by atoms with E-state index in [1.807, 2.05) is 24.3 Å². The number of rotatable bonds is 14. The molecular weight excluding hydrogens is 403 g/mol. The van der Waals surface area contributed by atoms with Crippen LogP contribution in [-0.2, 0) is 16.1 Å². The lowest BCUT2D eigenvalue weighted by Gasteiger charge is -2.09. The van der Waals surface area contributed by atoms with Gasteiger partial charge in [0.25, 0.3) is 0 Å². The fraction of sp³-hybridized carbons (Fsp3) is 0.619. The predicted molar refractivity (Wildman–Crippen MR) is 108 cm³/mol. The number of ether oxygens (including phenoxy) is 1. The maximum Gasteiger partial charge on any atom is 0.490 e. The van der Waals surface area contributed by atoms with Gasteiger partial charge >= 0.3 is 18.1 Å². The van der Waals surface area contributed by atoms with Gasteiger partial charge in [-0.05, 0) is 24.1 Å². The van der Waals surface area contributed by atoms with Crippen molar-refractivity contribution in [1.29, 1.82) is 0 Å². The van der Waals surface area contributed by atoms with E-state index in [1.54, 1.807) is 0 Å². The molecule has 0 unspecified atom stereocenters. The van der Waals surface area contributed by atoms with Crippen LogP contribution in [0.25, 0.3) is 0 Å². The molecule has 0 bridgehead atoms. The normalized spacial score (nSPS) is 10.8. The Morgan fingerprint density at radius 3 is 2.20 bits per heavy atom. The van der Waals surface area contributed by atoms with E-state index in [2.05, 4.69) is 12.2 Å². The number of carboxylic acid groups (broad SMARTS) is 2. The van der Waals surface area contributed by atoms with Crippen molar-refractivity contribution in [2.75, 3.05) is 13.2 Å². The van der Waals surface area contributed by atoms with Crippen molar-refractivity contribution in [1.82, 2.24) is 5.32 Å². The molecule has 0 amide bonds. The van der Waals surface area contributed by atoms with Gasteiger partial charge in [-0.25, -0.2) is 4.79 Å². The summed E-state index contributed by atoms with van der Waals surface area (Å²) in [7, 11) is 0. The Morgan fingerprint density at radius 2 is 1.63 bits per heavy atom. The maximum atomic E-state index is 10.6. The quantitative estimate of drug-likeness (QED) is 0.356. The number of unbranched alkanes of at least 4 members (excludes halogenated alkanes) is 6. The van der Waals surface area contributed by atoms with Crippen LogP contribution < -0.4 is 10.1 Å². The van der Waals surface area contributed by atoms with E-state index >= 15 is 0 Å². The lowest BCUT2D eigenvalue weighted by atomic mass is 10.1. The topological polar surface area (TPSA) is 95.9 Å². The molecule has 3 N–H and O–H groups in total. The minimum absolute atomic E-state index is 0.147. The smallest absolute Gasteiger partial charge is 0.490 e. The van der Waals surface area contributed by atoms with E-state index in [-0.39, 0.29) is 6.42 Å². The summed E-state index contributed by atoms with van der Waals surface area (Å²) in [6.45, 7) is 4.16. The van der Waals surface area contributed by atoms with Crippen LogP contribution in [0.1, 0.15) is 63.9 Å². The van der Waals surface area contributed by atoms with Gasteiger partial charge in [0.2, 0.25) is 0 Å². The highest BCUT2D eigenvalue weighted by atomic mass is 19.4. The highest BCUT2D eigenvalue weighted by Gasteiger charge is 2.38. The Morgan fingerprint density at radius 1 is 1.03 bits per heavy atom. The third-order valence-corrected chi connectivity index (χ3v) is 4.00. The first kappa shape index (κ1) is 27.7. The molecule has 1 aromatic rings. The van der Waals surface area contributed by atoms with Crippen LogP contribution in [-0.4, -0.2) is 41.5 Å². The Balaban J connectivity index is 0.00000103. The van der Waals surface area contributed by atoms with E-state index in [1.165, 1.54) is 38.5 Å². The van der Waals surface area contributed by atoms with Gasteiger partial charge in [0.1, 0.15) is 5.75 Å². The zero-order valence-electron chi connectivity index (χ0n) is 17.3. The average molecular weight is 435 g/mol. The minimum Gasteiger partial charge on any atom is -0.494 e. The van der Waals surface area contributed by atoms with Crippen molar-refractivity contribution in [2.24, 2.45) is 0 Å². The molecule has 1 aromatic carbocycles.